The van der Waals surface area contributed by atoms with E-state index < -0.39 is 11.9 Å². The lowest BCUT2D eigenvalue weighted by molar-refractivity contribution is -0.141. The van der Waals surface area contributed by atoms with E-state index in [1.54, 1.807) is 12.1 Å². The van der Waals surface area contributed by atoms with Gasteiger partial charge in [-0.3, -0.25) is 9.59 Å². The maximum atomic E-state index is 12.0. The first kappa shape index (κ1) is 13.5. The van der Waals surface area contributed by atoms with Crippen molar-refractivity contribution >= 4 is 23.1 Å². The Labute approximate surface area is 115 Å². The van der Waals surface area contributed by atoms with Crippen molar-refractivity contribution < 1.29 is 14.7 Å². The highest BCUT2D eigenvalue weighted by molar-refractivity contribution is 7.12. The van der Waals surface area contributed by atoms with E-state index in [4.69, 9.17) is 0 Å². The number of hydrogen-bond donors (Lipinski definition) is 1. The second-order valence-corrected chi connectivity index (χ2v) is 5.28. The minimum Gasteiger partial charge on any atom is -0.481 e. The largest absolute Gasteiger partial charge is 0.481 e. The number of hydrogen-bond acceptors (Lipinski definition) is 3. The maximum absolute atomic E-state index is 12.0. The van der Waals surface area contributed by atoms with Crippen molar-refractivity contribution in [2.45, 2.75) is 12.8 Å². The standard InChI is InChI=1S/C15H14O3S/c16-13(14-7-4-8-19-14)10-12(15(17)18)9-11-5-2-1-3-6-11/h1-8,12H,9-10H2,(H,17,18). The Kier molecular flexibility index (Phi) is 4.47. The molecular formula is C15H14O3S. The van der Waals surface area contributed by atoms with Crippen LogP contribution >= 0.6 is 11.3 Å². The molecule has 0 bridgehead atoms. The van der Waals surface area contributed by atoms with Crippen molar-refractivity contribution in [1.29, 1.82) is 0 Å². The van der Waals surface area contributed by atoms with E-state index >= 15 is 0 Å². The second-order valence-electron chi connectivity index (χ2n) is 4.33. The van der Waals surface area contributed by atoms with Crippen LogP contribution in [-0.2, 0) is 11.2 Å². The minimum absolute atomic E-state index is 0.0464. The molecule has 0 saturated carbocycles. The molecule has 3 nitrogen and oxygen atoms in total. The summed E-state index contributed by atoms with van der Waals surface area (Å²) in [6.07, 6.45) is 0.429. The molecule has 1 heterocycles. The van der Waals surface area contributed by atoms with Crippen molar-refractivity contribution in [2.75, 3.05) is 0 Å². The molecule has 0 saturated heterocycles. The summed E-state index contributed by atoms with van der Waals surface area (Å²) in [4.78, 5) is 23.8. The number of aliphatic carboxylic acids is 1. The SMILES string of the molecule is O=C(CC(Cc1ccccc1)C(=O)O)c1cccs1. The van der Waals surface area contributed by atoms with Gasteiger partial charge in [-0.2, -0.15) is 0 Å². The molecule has 1 aromatic heterocycles. The van der Waals surface area contributed by atoms with Gasteiger partial charge in [-0.05, 0) is 23.4 Å². The number of rotatable bonds is 6. The van der Waals surface area contributed by atoms with Crippen LogP contribution in [0.1, 0.15) is 21.7 Å². The van der Waals surface area contributed by atoms with E-state index in [2.05, 4.69) is 0 Å². The number of carbonyl (C=O) groups excluding carboxylic acids is 1. The van der Waals surface area contributed by atoms with E-state index in [1.165, 1.54) is 11.3 Å². The fourth-order valence-electron chi connectivity index (χ4n) is 1.91. The zero-order chi connectivity index (χ0) is 13.7. The molecule has 1 unspecified atom stereocenters. The molecule has 0 aliphatic carbocycles. The van der Waals surface area contributed by atoms with Crippen LogP contribution in [0.4, 0.5) is 0 Å². The Morgan fingerprint density at radius 2 is 1.84 bits per heavy atom. The van der Waals surface area contributed by atoms with E-state index in [0.717, 1.165) is 5.56 Å². The van der Waals surface area contributed by atoms with Crippen molar-refractivity contribution in [3.63, 3.8) is 0 Å². The third-order valence-corrected chi connectivity index (χ3v) is 3.81. The zero-order valence-corrected chi connectivity index (χ0v) is 11.1. The van der Waals surface area contributed by atoms with E-state index in [1.807, 2.05) is 35.7 Å². The molecule has 0 fully saturated rings. The average Bonchev–Trinajstić information content (AvgIpc) is 2.93. The number of carbonyl (C=O) groups is 2. The van der Waals surface area contributed by atoms with Crippen LogP contribution in [0.25, 0.3) is 0 Å². The summed E-state index contributed by atoms with van der Waals surface area (Å²) < 4.78 is 0. The van der Waals surface area contributed by atoms with Gasteiger partial charge in [0.2, 0.25) is 0 Å². The van der Waals surface area contributed by atoms with E-state index in [9.17, 15) is 14.7 Å². The zero-order valence-electron chi connectivity index (χ0n) is 10.3. The fourth-order valence-corrected chi connectivity index (χ4v) is 2.58. The van der Waals surface area contributed by atoms with Crippen molar-refractivity contribution in [2.24, 2.45) is 5.92 Å². The Bertz CT molecular complexity index is 546. The molecule has 98 valence electrons. The van der Waals surface area contributed by atoms with Crippen LogP contribution in [0.5, 0.6) is 0 Å². The molecule has 2 aromatic rings. The van der Waals surface area contributed by atoms with Crippen molar-refractivity contribution in [3.05, 3.63) is 58.3 Å². The smallest absolute Gasteiger partial charge is 0.307 e. The molecule has 19 heavy (non-hydrogen) atoms. The normalized spacial score (nSPS) is 12.0. The number of benzene rings is 1. The first-order valence-corrected chi connectivity index (χ1v) is 6.88. The lowest BCUT2D eigenvalue weighted by Crippen LogP contribution is -2.20. The first-order chi connectivity index (χ1) is 9.16. The average molecular weight is 274 g/mol. The quantitative estimate of drug-likeness (QED) is 0.822. The van der Waals surface area contributed by atoms with Gasteiger partial charge in [0.15, 0.2) is 5.78 Å². The summed E-state index contributed by atoms with van der Waals surface area (Å²) in [5.41, 5.74) is 0.939. The monoisotopic (exact) mass is 274 g/mol. The minimum atomic E-state index is -0.922. The third-order valence-electron chi connectivity index (χ3n) is 2.90. The Balaban J connectivity index is 2.05. The number of carboxylic acids is 1. The summed E-state index contributed by atoms with van der Waals surface area (Å²) in [6.45, 7) is 0. The van der Waals surface area contributed by atoms with Crippen molar-refractivity contribution in [1.82, 2.24) is 0 Å². The highest BCUT2D eigenvalue weighted by Crippen LogP contribution is 2.18. The molecule has 0 radical (unpaired) electrons. The molecular weight excluding hydrogens is 260 g/mol. The summed E-state index contributed by atoms with van der Waals surface area (Å²) >= 11 is 1.35. The maximum Gasteiger partial charge on any atom is 0.307 e. The van der Waals surface area contributed by atoms with Gasteiger partial charge in [-0.15, -0.1) is 11.3 Å². The van der Waals surface area contributed by atoms with Crippen molar-refractivity contribution in [3.8, 4) is 0 Å². The summed E-state index contributed by atoms with van der Waals surface area (Å²) in [6, 6.07) is 12.9. The lowest BCUT2D eigenvalue weighted by Gasteiger charge is -2.11. The van der Waals surface area contributed by atoms with Crippen LogP contribution in [-0.4, -0.2) is 16.9 Å². The van der Waals surface area contributed by atoms with Gasteiger partial charge >= 0.3 is 5.97 Å². The fraction of sp³-hybridized carbons (Fsp3) is 0.200. The molecule has 4 heteroatoms. The Morgan fingerprint density at radius 1 is 1.11 bits per heavy atom. The van der Waals surface area contributed by atoms with E-state index in [0.29, 0.717) is 11.3 Å². The van der Waals surface area contributed by atoms with E-state index in [-0.39, 0.29) is 12.2 Å². The number of thiophene rings is 1. The van der Waals surface area contributed by atoms with Gasteiger partial charge in [0.25, 0.3) is 0 Å². The van der Waals surface area contributed by atoms with Gasteiger partial charge in [0, 0.05) is 6.42 Å². The molecule has 0 amide bonds. The Morgan fingerprint density at radius 3 is 2.42 bits per heavy atom. The molecule has 2 rings (SSSR count). The molecule has 0 aliphatic rings. The predicted molar refractivity (Wildman–Crippen MR) is 74.5 cm³/mol. The summed E-state index contributed by atoms with van der Waals surface area (Å²) in [5.74, 6) is -1.69. The van der Waals surface area contributed by atoms with Gasteiger partial charge in [-0.1, -0.05) is 36.4 Å². The molecule has 1 atom stereocenters. The summed E-state index contributed by atoms with van der Waals surface area (Å²) in [7, 11) is 0. The molecule has 0 aliphatic heterocycles. The highest BCUT2D eigenvalue weighted by atomic mass is 32.1. The van der Waals surface area contributed by atoms with Gasteiger partial charge in [-0.25, -0.2) is 0 Å². The molecule has 1 N–H and O–H groups in total. The molecule has 0 spiro atoms. The molecule has 1 aromatic carbocycles. The third kappa shape index (κ3) is 3.76. The first-order valence-electron chi connectivity index (χ1n) is 6.00. The van der Waals surface area contributed by atoms with Crippen LogP contribution in [0.3, 0.4) is 0 Å². The number of ketones is 1. The highest BCUT2D eigenvalue weighted by Gasteiger charge is 2.22. The topological polar surface area (TPSA) is 54.4 Å². The second kappa shape index (κ2) is 6.29. The van der Waals surface area contributed by atoms with Gasteiger partial charge in [0.05, 0.1) is 10.8 Å². The summed E-state index contributed by atoms with van der Waals surface area (Å²) in [5, 5.41) is 11.1. The number of Topliss-reactive ketones (excluding diaryl/α,β-unsaturated/α-hetero) is 1. The lowest BCUT2D eigenvalue weighted by atomic mass is 9.94. The predicted octanol–water partition coefficient (Wildman–Crippen LogP) is 3.26. The Hall–Kier alpha value is -1.94. The van der Waals surface area contributed by atoms with Crippen LogP contribution in [0.2, 0.25) is 0 Å². The van der Waals surface area contributed by atoms with Crippen LogP contribution in [0, 0.1) is 5.92 Å². The van der Waals surface area contributed by atoms with Gasteiger partial charge in [0.1, 0.15) is 0 Å². The number of carboxylic acid groups (broad SMARTS) is 1. The van der Waals surface area contributed by atoms with Crippen LogP contribution < -0.4 is 0 Å². The van der Waals surface area contributed by atoms with Crippen LogP contribution in [0.15, 0.2) is 47.8 Å². The van der Waals surface area contributed by atoms with Gasteiger partial charge < -0.3 is 5.11 Å².